The molecule has 1 rings (SSSR count). The highest BCUT2D eigenvalue weighted by Crippen LogP contribution is 2.19. The molecule has 1 aromatic heterocycles. The van der Waals surface area contributed by atoms with Gasteiger partial charge in [0.05, 0.1) is 17.3 Å². The summed E-state index contributed by atoms with van der Waals surface area (Å²) in [5, 5.41) is 3.74. The number of nitrogens with zero attached hydrogens (tertiary/aromatic N) is 2. The summed E-state index contributed by atoms with van der Waals surface area (Å²) in [6.07, 6.45) is -2.38. The number of halogens is 3. The standard InChI is InChI=1S/C12H18ClF2N3/c1-8(2)16-6-10-9(13)4-5-12(17-10)18(3)7-11(14)15/h4-5,8,11,16H,6-7H2,1-3H3. The quantitative estimate of drug-likeness (QED) is 0.867. The van der Waals surface area contributed by atoms with Gasteiger partial charge in [0.1, 0.15) is 5.82 Å². The predicted octanol–water partition coefficient (Wildman–Crippen LogP) is 2.93. The zero-order chi connectivity index (χ0) is 13.7. The van der Waals surface area contributed by atoms with Gasteiger partial charge in [-0.15, -0.1) is 0 Å². The molecule has 0 saturated heterocycles. The zero-order valence-corrected chi connectivity index (χ0v) is 11.5. The molecule has 6 heteroatoms. The van der Waals surface area contributed by atoms with Crippen molar-refractivity contribution in [3.05, 3.63) is 22.8 Å². The van der Waals surface area contributed by atoms with Crippen LogP contribution in [0.1, 0.15) is 19.5 Å². The second kappa shape index (κ2) is 6.85. The second-order valence-corrected chi connectivity index (χ2v) is 4.81. The number of alkyl halides is 2. The van der Waals surface area contributed by atoms with Crippen LogP contribution < -0.4 is 10.2 Å². The molecule has 0 atom stereocenters. The van der Waals surface area contributed by atoms with Crippen LogP contribution >= 0.6 is 11.6 Å². The van der Waals surface area contributed by atoms with Crippen LogP contribution in [-0.4, -0.2) is 31.0 Å². The number of aromatic nitrogens is 1. The molecule has 0 aliphatic rings. The molecule has 102 valence electrons. The SMILES string of the molecule is CC(C)NCc1nc(N(C)CC(F)F)ccc1Cl. The normalized spacial score (nSPS) is 11.3. The molecule has 0 saturated carbocycles. The third-order valence-corrected chi connectivity index (χ3v) is 2.73. The molecule has 18 heavy (non-hydrogen) atoms. The molecule has 3 nitrogen and oxygen atoms in total. The van der Waals surface area contributed by atoms with E-state index in [1.807, 2.05) is 13.8 Å². The van der Waals surface area contributed by atoms with Gasteiger partial charge in [-0.25, -0.2) is 13.8 Å². The summed E-state index contributed by atoms with van der Waals surface area (Å²) in [7, 11) is 1.59. The Balaban J connectivity index is 2.79. The number of hydrogen-bond acceptors (Lipinski definition) is 3. The summed E-state index contributed by atoms with van der Waals surface area (Å²) in [5.41, 5.74) is 0.670. The molecule has 0 bridgehead atoms. The third-order valence-electron chi connectivity index (χ3n) is 2.38. The van der Waals surface area contributed by atoms with Crippen molar-refractivity contribution in [3.8, 4) is 0 Å². The van der Waals surface area contributed by atoms with Gasteiger partial charge in [-0.1, -0.05) is 25.4 Å². The first-order chi connectivity index (χ1) is 8.40. The van der Waals surface area contributed by atoms with Crippen molar-refractivity contribution in [3.63, 3.8) is 0 Å². The van der Waals surface area contributed by atoms with E-state index in [0.717, 1.165) is 0 Å². The minimum absolute atomic E-state index is 0.310. The van der Waals surface area contributed by atoms with Crippen LogP contribution in [0.5, 0.6) is 0 Å². The first-order valence-corrected chi connectivity index (χ1v) is 6.16. The lowest BCUT2D eigenvalue weighted by molar-refractivity contribution is 0.156. The van der Waals surface area contributed by atoms with E-state index in [2.05, 4.69) is 10.3 Å². The first-order valence-electron chi connectivity index (χ1n) is 5.78. The Bertz CT molecular complexity index is 386. The molecule has 1 aromatic rings. The minimum atomic E-state index is -2.38. The van der Waals surface area contributed by atoms with Crippen molar-refractivity contribution in [2.24, 2.45) is 0 Å². The minimum Gasteiger partial charge on any atom is -0.354 e. The lowest BCUT2D eigenvalue weighted by atomic mass is 10.3. The maximum atomic E-state index is 12.3. The Morgan fingerprint density at radius 2 is 2.06 bits per heavy atom. The molecule has 0 amide bonds. The second-order valence-electron chi connectivity index (χ2n) is 4.41. The topological polar surface area (TPSA) is 28.2 Å². The van der Waals surface area contributed by atoms with Crippen LogP contribution in [-0.2, 0) is 6.54 Å². The van der Waals surface area contributed by atoms with Gasteiger partial charge in [0.15, 0.2) is 0 Å². The van der Waals surface area contributed by atoms with Gasteiger partial charge in [-0.3, -0.25) is 0 Å². The van der Waals surface area contributed by atoms with Crippen LogP contribution in [0.3, 0.4) is 0 Å². The van der Waals surface area contributed by atoms with E-state index in [1.165, 1.54) is 4.90 Å². The van der Waals surface area contributed by atoms with Gasteiger partial charge < -0.3 is 10.2 Å². The van der Waals surface area contributed by atoms with E-state index in [-0.39, 0.29) is 6.54 Å². The number of anilines is 1. The van der Waals surface area contributed by atoms with Gasteiger partial charge in [-0.05, 0) is 12.1 Å². The van der Waals surface area contributed by atoms with Crippen molar-refractivity contribution in [2.75, 3.05) is 18.5 Å². The van der Waals surface area contributed by atoms with Crippen LogP contribution in [0.25, 0.3) is 0 Å². The smallest absolute Gasteiger partial charge is 0.255 e. The van der Waals surface area contributed by atoms with E-state index in [0.29, 0.717) is 29.1 Å². The zero-order valence-electron chi connectivity index (χ0n) is 10.8. The van der Waals surface area contributed by atoms with Gasteiger partial charge in [0, 0.05) is 19.6 Å². The summed E-state index contributed by atoms with van der Waals surface area (Å²) < 4.78 is 24.6. The van der Waals surface area contributed by atoms with Crippen molar-refractivity contribution in [1.82, 2.24) is 10.3 Å². The lowest BCUT2D eigenvalue weighted by Gasteiger charge is -2.19. The molecule has 1 N–H and O–H groups in total. The number of rotatable bonds is 6. The highest BCUT2D eigenvalue weighted by atomic mass is 35.5. The fourth-order valence-corrected chi connectivity index (χ4v) is 1.58. The molecular formula is C12H18ClF2N3. The molecule has 1 heterocycles. The Labute approximate surface area is 111 Å². The fraction of sp³-hybridized carbons (Fsp3) is 0.583. The molecule has 0 unspecified atom stereocenters. The van der Waals surface area contributed by atoms with E-state index < -0.39 is 6.43 Å². The number of nitrogens with one attached hydrogen (secondary N) is 1. The van der Waals surface area contributed by atoms with Gasteiger partial charge in [-0.2, -0.15) is 0 Å². The molecular weight excluding hydrogens is 260 g/mol. The van der Waals surface area contributed by atoms with E-state index in [4.69, 9.17) is 11.6 Å². The molecule has 0 aliphatic heterocycles. The largest absolute Gasteiger partial charge is 0.354 e. The van der Waals surface area contributed by atoms with Gasteiger partial charge in [0.25, 0.3) is 6.43 Å². The Morgan fingerprint density at radius 1 is 1.39 bits per heavy atom. The molecule has 0 aliphatic carbocycles. The summed E-state index contributed by atoms with van der Waals surface area (Å²) in [5.74, 6) is 0.500. The van der Waals surface area contributed by atoms with E-state index >= 15 is 0 Å². The van der Waals surface area contributed by atoms with Gasteiger partial charge >= 0.3 is 0 Å². The molecule has 0 aromatic carbocycles. The Kier molecular flexibility index (Phi) is 5.75. The van der Waals surface area contributed by atoms with E-state index in [1.54, 1.807) is 19.2 Å². The maximum Gasteiger partial charge on any atom is 0.255 e. The first kappa shape index (κ1) is 15.1. The summed E-state index contributed by atoms with van der Waals surface area (Å²) in [4.78, 5) is 5.71. The third kappa shape index (κ3) is 4.74. The lowest BCUT2D eigenvalue weighted by Crippen LogP contribution is -2.26. The molecule has 0 radical (unpaired) electrons. The van der Waals surface area contributed by atoms with Crippen LogP contribution in [0.15, 0.2) is 12.1 Å². The summed E-state index contributed by atoms with van der Waals surface area (Å²) >= 11 is 6.02. The molecule has 0 fully saturated rings. The highest BCUT2D eigenvalue weighted by molar-refractivity contribution is 6.31. The fourth-order valence-electron chi connectivity index (χ4n) is 1.41. The van der Waals surface area contributed by atoms with Crippen LogP contribution in [0.4, 0.5) is 14.6 Å². The monoisotopic (exact) mass is 277 g/mol. The van der Waals surface area contributed by atoms with Crippen LogP contribution in [0.2, 0.25) is 5.02 Å². The highest BCUT2D eigenvalue weighted by Gasteiger charge is 2.11. The average molecular weight is 278 g/mol. The Morgan fingerprint density at radius 3 is 2.61 bits per heavy atom. The van der Waals surface area contributed by atoms with Crippen molar-refractivity contribution in [2.45, 2.75) is 32.9 Å². The van der Waals surface area contributed by atoms with Crippen LogP contribution in [0, 0.1) is 0 Å². The van der Waals surface area contributed by atoms with Crippen molar-refractivity contribution >= 4 is 17.4 Å². The van der Waals surface area contributed by atoms with Gasteiger partial charge in [0.2, 0.25) is 0 Å². The molecule has 0 spiro atoms. The maximum absolute atomic E-state index is 12.3. The average Bonchev–Trinajstić information content (AvgIpc) is 2.26. The van der Waals surface area contributed by atoms with E-state index in [9.17, 15) is 8.78 Å². The Hall–Kier alpha value is -0.940. The number of pyridine rings is 1. The van der Waals surface area contributed by atoms with Crippen molar-refractivity contribution in [1.29, 1.82) is 0 Å². The number of hydrogen-bond donors (Lipinski definition) is 1. The summed E-state index contributed by atoms with van der Waals surface area (Å²) in [6, 6.07) is 3.64. The van der Waals surface area contributed by atoms with Crippen molar-refractivity contribution < 1.29 is 8.78 Å². The predicted molar refractivity (Wildman–Crippen MR) is 70.5 cm³/mol. The summed E-state index contributed by atoms with van der Waals surface area (Å²) in [6.45, 7) is 4.21.